The Bertz CT molecular complexity index is 1730. The minimum absolute atomic E-state index is 0.227. The molecule has 46 heavy (non-hydrogen) atoms. The van der Waals surface area contributed by atoms with Gasteiger partial charge in [0.05, 0.1) is 0 Å². The van der Waals surface area contributed by atoms with Gasteiger partial charge in [0, 0.05) is 72.6 Å². The quantitative estimate of drug-likeness (QED) is 0.285. The number of carbonyl (C=O) groups excluding carboxylic acids is 2. The summed E-state index contributed by atoms with van der Waals surface area (Å²) in [5.74, 6) is 3.83. The second kappa shape index (κ2) is 11.2. The first-order valence-electron chi connectivity index (χ1n) is 15.9. The van der Waals surface area contributed by atoms with Crippen LogP contribution in [-0.2, 0) is 9.59 Å². The van der Waals surface area contributed by atoms with E-state index in [4.69, 9.17) is 11.5 Å². The van der Waals surface area contributed by atoms with Crippen molar-refractivity contribution in [1.82, 2.24) is 38.5 Å². The molecule has 0 bridgehead atoms. The maximum absolute atomic E-state index is 12.6. The number of amides is 2. The van der Waals surface area contributed by atoms with Crippen LogP contribution in [0.5, 0.6) is 0 Å². The number of imidazole rings is 2. The van der Waals surface area contributed by atoms with Crippen molar-refractivity contribution in [3.8, 4) is 0 Å². The minimum atomic E-state index is -0.233. The predicted octanol–water partition coefficient (Wildman–Crippen LogP) is 5.16. The van der Waals surface area contributed by atoms with Gasteiger partial charge in [-0.3, -0.25) is 18.4 Å². The van der Waals surface area contributed by atoms with E-state index in [0.717, 1.165) is 74.3 Å². The Kier molecular flexibility index (Phi) is 7.61. The summed E-state index contributed by atoms with van der Waals surface area (Å²) in [5.41, 5.74) is 13.1. The number of piperidine rings is 2. The maximum atomic E-state index is 12.6. The molecule has 0 aromatic carbocycles. The average Bonchev–Trinajstić information content (AvgIpc) is 3.68. The van der Waals surface area contributed by atoms with Crippen LogP contribution in [0.3, 0.4) is 0 Å². The van der Waals surface area contributed by atoms with Gasteiger partial charge in [-0.05, 0) is 70.4 Å². The van der Waals surface area contributed by atoms with Crippen LogP contribution in [0, 0.1) is 10.8 Å². The van der Waals surface area contributed by atoms with Gasteiger partial charge in [0.25, 0.3) is 0 Å². The molecular formula is C32H40Br2N10O2. The highest BCUT2D eigenvalue weighted by molar-refractivity contribution is 9.10. The monoisotopic (exact) mass is 754 g/mol. The molecule has 0 radical (unpaired) electrons. The van der Waals surface area contributed by atoms with Gasteiger partial charge in [-0.25, -0.2) is 19.9 Å². The fraction of sp³-hybridized carbons (Fsp3) is 0.562. The third kappa shape index (κ3) is 5.06. The van der Waals surface area contributed by atoms with E-state index in [0.29, 0.717) is 32.9 Å². The Morgan fingerprint density at radius 2 is 1.09 bits per heavy atom. The average molecular weight is 757 g/mol. The molecule has 4 N–H and O–H groups in total. The highest BCUT2D eigenvalue weighted by Crippen LogP contribution is 2.44. The molecule has 12 nitrogen and oxygen atoms in total. The van der Waals surface area contributed by atoms with Crippen LogP contribution in [0.1, 0.15) is 89.7 Å². The Hall–Kier alpha value is -3.26. The number of carbonyl (C=O) groups is 2. The van der Waals surface area contributed by atoms with E-state index in [1.165, 1.54) is 0 Å². The van der Waals surface area contributed by atoms with Gasteiger partial charge in [0.15, 0.2) is 11.6 Å². The predicted molar refractivity (Wildman–Crippen MR) is 182 cm³/mol. The number of hydrogen-bond donors (Lipinski definition) is 2. The Morgan fingerprint density at radius 1 is 0.696 bits per heavy atom. The van der Waals surface area contributed by atoms with Gasteiger partial charge in [0.1, 0.15) is 31.9 Å². The number of hydrogen-bond acceptors (Lipinski definition) is 8. The smallest absolute Gasteiger partial charge is 0.228 e. The molecule has 4 aliphatic heterocycles. The summed E-state index contributed by atoms with van der Waals surface area (Å²) in [6, 6.07) is 0.769. The zero-order valence-electron chi connectivity index (χ0n) is 26.6. The van der Waals surface area contributed by atoms with Crippen LogP contribution in [0.2, 0.25) is 0 Å². The van der Waals surface area contributed by atoms with Crippen molar-refractivity contribution < 1.29 is 9.59 Å². The van der Waals surface area contributed by atoms with Crippen molar-refractivity contribution in [2.75, 3.05) is 24.6 Å². The van der Waals surface area contributed by atoms with Crippen molar-refractivity contribution in [1.29, 1.82) is 0 Å². The molecule has 2 amide bonds. The topological polar surface area (TPSA) is 153 Å². The number of nitrogen functional groups attached to an aromatic ring is 2. The first-order chi connectivity index (χ1) is 21.8. The van der Waals surface area contributed by atoms with Crippen LogP contribution in [0.25, 0.3) is 11.0 Å². The summed E-state index contributed by atoms with van der Waals surface area (Å²) in [6.45, 7) is 9.68. The molecule has 0 unspecified atom stereocenters. The molecule has 8 rings (SSSR count). The van der Waals surface area contributed by atoms with Crippen molar-refractivity contribution in [2.24, 2.45) is 10.8 Å². The van der Waals surface area contributed by atoms with E-state index in [-0.39, 0.29) is 34.5 Å². The molecule has 0 aliphatic carbocycles. The summed E-state index contributed by atoms with van der Waals surface area (Å²) >= 11 is 6.98. The molecule has 8 heterocycles. The molecule has 4 aromatic rings. The fourth-order valence-corrected chi connectivity index (χ4v) is 9.34. The molecule has 14 heteroatoms. The number of anilines is 2. The zero-order chi connectivity index (χ0) is 32.7. The van der Waals surface area contributed by atoms with Gasteiger partial charge in [-0.1, -0.05) is 27.7 Å². The Labute approximate surface area is 284 Å². The van der Waals surface area contributed by atoms with Gasteiger partial charge in [-0.15, -0.1) is 0 Å². The first-order valence-corrected chi connectivity index (χ1v) is 17.5. The molecule has 4 fully saturated rings. The lowest BCUT2D eigenvalue weighted by Crippen LogP contribution is -2.42. The van der Waals surface area contributed by atoms with Crippen molar-refractivity contribution in [3.63, 3.8) is 0 Å². The largest absolute Gasteiger partial charge is 0.382 e. The number of halogens is 2. The van der Waals surface area contributed by atoms with E-state index >= 15 is 0 Å². The summed E-state index contributed by atoms with van der Waals surface area (Å²) in [6.07, 6.45) is 13.2. The van der Waals surface area contributed by atoms with E-state index < -0.39 is 0 Å². The van der Waals surface area contributed by atoms with Gasteiger partial charge in [-0.2, -0.15) is 0 Å². The number of nitrogens with zero attached hydrogens (tertiary/aromatic N) is 8. The van der Waals surface area contributed by atoms with Crippen molar-refractivity contribution in [2.45, 2.75) is 90.1 Å². The van der Waals surface area contributed by atoms with Crippen LogP contribution in [0.4, 0.5) is 11.6 Å². The Morgan fingerprint density at radius 3 is 1.48 bits per heavy atom. The Balaban J connectivity index is 0.000000147. The molecule has 244 valence electrons. The summed E-state index contributed by atoms with van der Waals surface area (Å²) < 4.78 is 5.44. The molecule has 0 spiro atoms. The number of rotatable bonds is 2. The minimum Gasteiger partial charge on any atom is -0.382 e. The fourth-order valence-electron chi connectivity index (χ4n) is 8.19. The molecule has 0 saturated carbocycles. The van der Waals surface area contributed by atoms with Gasteiger partial charge < -0.3 is 21.3 Å². The summed E-state index contributed by atoms with van der Waals surface area (Å²) in [5, 5.41) is 0. The zero-order valence-corrected chi connectivity index (χ0v) is 29.8. The van der Waals surface area contributed by atoms with E-state index in [2.05, 4.69) is 89.3 Å². The molecule has 4 aromatic heterocycles. The normalized spacial score (nSPS) is 26.7. The third-order valence-corrected chi connectivity index (χ3v) is 11.6. The number of nitrogens with two attached hydrogens (primary N) is 2. The highest BCUT2D eigenvalue weighted by atomic mass is 79.9. The van der Waals surface area contributed by atoms with Crippen LogP contribution in [-0.4, -0.2) is 75.5 Å². The standard InChI is InChI=1S/2C16H20BrN5O/c2*1-16(2)7-10-4-3-9(8-22(10)15(16)23)14-20-12(17)11-13(18)19-5-6-21(11)14/h2*5-6,9-10H,3-4,7-8H2,1-2H3,(H2,18,19)/t2*9-,10+/m10/s1. The maximum Gasteiger partial charge on any atom is 0.228 e. The van der Waals surface area contributed by atoms with E-state index in [1.807, 2.05) is 21.2 Å². The van der Waals surface area contributed by atoms with Crippen LogP contribution >= 0.6 is 31.9 Å². The SMILES string of the molecule is CC1(C)C[C@@H]2CC[C@@H](c3nc(Br)c4c(N)nccn34)CN2C1=O.CC1(C)C[C@H]2CC[C@H](c3nc(Br)c4c(N)nccn34)CN2C1=O. The van der Waals surface area contributed by atoms with E-state index in [1.54, 1.807) is 12.4 Å². The van der Waals surface area contributed by atoms with Crippen LogP contribution < -0.4 is 11.5 Å². The highest BCUT2D eigenvalue weighted by Gasteiger charge is 2.49. The summed E-state index contributed by atoms with van der Waals surface area (Å²) in [4.78, 5) is 47.0. The summed E-state index contributed by atoms with van der Waals surface area (Å²) in [7, 11) is 0. The third-order valence-electron chi connectivity index (χ3n) is 10.4. The van der Waals surface area contributed by atoms with Crippen molar-refractivity contribution in [3.05, 3.63) is 45.6 Å². The first kappa shape index (κ1) is 31.3. The second-order valence-corrected chi connectivity index (χ2v) is 16.0. The molecule has 4 aliphatic rings. The molecule has 4 atom stereocenters. The number of fused-ring (bicyclic) bond motifs is 4. The van der Waals surface area contributed by atoms with Gasteiger partial charge in [0.2, 0.25) is 11.8 Å². The number of aromatic nitrogens is 6. The van der Waals surface area contributed by atoms with E-state index in [9.17, 15) is 9.59 Å². The molecular weight excluding hydrogens is 716 g/mol. The second-order valence-electron chi connectivity index (χ2n) is 14.5. The lowest BCUT2D eigenvalue weighted by Gasteiger charge is -2.34. The van der Waals surface area contributed by atoms with Crippen LogP contribution in [0.15, 0.2) is 34.0 Å². The lowest BCUT2D eigenvalue weighted by atomic mass is 9.87. The lowest BCUT2D eigenvalue weighted by molar-refractivity contribution is -0.137. The van der Waals surface area contributed by atoms with Crippen molar-refractivity contribution >= 4 is 66.3 Å². The van der Waals surface area contributed by atoms with Gasteiger partial charge >= 0.3 is 0 Å². The molecule has 4 saturated heterocycles.